The van der Waals surface area contributed by atoms with E-state index in [4.69, 9.17) is 21.4 Å². The van der Waals surface area contributed by atoms with E-state index in [2.05, 4.69) is 20.3 Å². The van der Waals surface area contributed by atoms with Crippen LogP contribution in [0.4, 0.5) is 15.9 Å². The van der Waals surface area contributed by atoms with Crippen LogP contribution in [-0.2, 0) is 6.61 Å². The van der Waals surface area contributed by atoms with Crippen molar-refractivity contribution in [1.82, 2.24) is 15.0 Å². The molecule has 35 heavy (non-hydrogen) atoms. The molecule has 0 aliphatic rings. The number of fused-ring (bicyclic) bond motifs is 1. The molecule has 3 aromatic carbocycles. The Bertz CT molecular complexity index is 1540. The van der Waals surface area contributed by atoms with E-state index in [1.54, 1.807) is 54.6 Å². The Hall–Kier alpha value is -4.43. The minimum Gasteiger partial charge on any atom is -0.487 e. The molecule has 0 radical (unpaired) electrons. The van der Waals surface area contributed by atoms with Gasteiger partial charge in [-0.25, -0.2) is 19.2 Å². The highest BCUT2D eigenvalue weighted by Crippen LogP contribution is 2.32. The van der Waals surface area contributed by atoms with Gasteiger partial charge in [-0.3, -0.25) is 0 Å². The molecule has 2 heterocycles. The summed E-state index contributed by atoms with van der Waals surface area (Å²) in [6, 6.07) is 19.9. The summed E-state index contributed by atoms with van der Waals surface area (Å²) in [5.41, 5.74) is 4.59. The third-order valence-electron chi connectivity index (χ3n) is 5.34. The second kappa shape index (κ2) is 9.44. The maximum Gasteiger partial charge on any atom is 0.335 e. The minimum absolute atomic E-state index is 0.190. The van der Waals surface area contributed by atoms with E-state index in [0.717, 1.165) is 11.3 Å². The average molecular weight is 489 g/mol. The molecular weight excluding hydrogens is 471 g/mol. The molecule has 9 heteroatoms. The lowest BCUT2D eigenvalue weighted by Gasteiger charge is -2.11. The Kier molecular flexibility index (Phi) is 6.03. The number of carboxylic acids is 1. The number of rotatable bonds is 7. The van der Waals surface area contributed by atoms with Crippen LogP contribution in [0, 0.1) is 5.82 Å². The van der Waals surface area contributed by atoms with Crippen LogP contribution in [0.2, 0.25) is 5.02 Å². The molecule has 5 rings (SSSR count). The zero-order chi connectivity index (χ0) is 24.4. The topological polar surface area (TPSA) is 100 Å². The lowest BCUT2D eigenvalue weighted by atomic mass is 10.1. The smallest absolute Gasteiger partial charge is 0.335 e. The molecule has 0 amide bonds. The van der Waals surface area contributed by atoms with Crippen LogP contribution in [0.1, 0.15) is 15.9 Å². The maximum atomic E-state index is 13.4. The number of hydrogen-bond acceptors (Lipinski definition) is 5. The SMILES string of the molecule is O=C(O)c1ccc(-c2cc3ncnc(Nc4ccc(OCc5cccc(F)c5)c(Cl)c4)c3[nH]2)cc1. The fraction of sp³-hybridized carbons (Fsp3) is 0.0385. The largest absolute Gasteiger partial charge is 0.487 e. The van der Waals surface area contributed by atoms with E-state index >= 15 is 0 Å². The average Bonchev–Trinajstić information content (AvgIpc) is 3.29. The number of ether oxygens (including phenoxy) is 1. The Morgan fingerprint density at radius 3 is 2.63 bits per heavy atom. The Labute approximate surface area is 204 Å². The molecule has 5 aromatic rings. The summed E-state index contributed by atoms with van der Waals surface area (Å²) in [5.74, 6) is -0.276. The van der Waals surface area contributed by atoms with Gasteiger partial charge < -0.3 is 20.1 Å². The summed E-state index contributed by atoms with van der Waals surface area (Å²) in [6.45, 7) is 0.190. The second-order valence-electron chi connectivity index (χ2n) is 7.74. The molecule has 174 valence electrons. The highest BCUT2D eigenvalue weighted by molar-refractivity contribution is 6.32. The normalized spacial score (nSPS) is 10.9. The lowest BCUT2D eigenvalue weighted by Crippen LogP contribution is -1.98. The van der Waals surface area contributed by atoms with Gasteiger partial charge in [-0.2, -0.15) is 0 Å². The van der Waals surface area contributed by atoms with Crippen molar-refractivity contribution in [2.24, 2.45) is 0 Å². The molecule has 0 unspecified atom stereocenters. The van der Waals surface area contributed by atoms with E-state index in [9.17, 15) is 9.18 Å². The number of benzene rings is 3. The standard InChI is InChI=1S/C26H18ClFN4O3/c27-20-11-19(8-9-23(20)35-13-15-2-1-3-18(28)10-15)31-25-24-22(29-14-30-25)12-21(32-24)16-4-6-17(7-5-16)26(33)34/h1-12,14,32H,13H2,(H,33,34)(H,29,30,31). The number of halogens is 2. The molecule has 0 spiro atoms. The second-order valence-corrected chi connectivity index (χ2v) is 8.14. The minimum atomic E-state index is -0.977. The number of carbonyl (C=O) groups is 1. The Morgan fingerprint density at radius 2 is 1.89 bits per heavy atom. The third kappa shape index (κ3) is 4.92. The molecule has 0 bridgehead atoms. The summed E-state index contributed by atoms with van der Waals surface area (Å²) in [6.07, 6.45) is 1.45. The van der Waals surface area contributed by atoms with Gasteiger partial charge in [0.1, 0.15) is 30.0 Å². The van der Waals surface area contributed by atoms with E-state index in [1.165, 1.54) is 18.5 Å². The van der Waals surface area contributed by atoms with Gasteiger partial charge in [0.2, 0.25) is 0 Å². The number of carboxylic acid groups (broad SMARTS) is 1. The van der Waals surface area contributed by atoms with Crippen molar-refractivity contribution in [3.8, 4) is 17.0 Å². The van der Waals surface area contributed by atoms with Crippen molar-refractivity contribution in [3.63, 3.8) is 0 Å². The number of anilines is 2. The van der Waals surface area contributed by atoms with Crippen LogP contribution in [-0.4, -0.2) is 26.0 Å². The maximum absolute atomic E-state index is 13.4. The number of nitrogens with zero attached hydrogens (tertiary/aromatic N) is 2. The van der Waals surface area contributed by atoms with Crippen LogP contribution in [0.25, 0.3) is 22.3 Å². The fourth-order valence-corrected chi connectivity index (χ4v) is 3.84. The number of hydrogen-bond donors (Lipinski definition) is 3. The quantitative estimate of drug-likeness (QED) is 0.244. The van der Waals surface area contributed by atoms with Crippen LogP contribution >= 0.6 is 11.6 Å². The van der Waals surface area contributed by atoms with Gasteiger partial charge in [0.05, 0.1) is 16.1 Å². The molecule has 0 aliphatic carbocycles. The molecule has 7 nitrogen and oxygen atoms in total. The first-order valence-corrected chi connectivity index (χ1v) is 11.0. The number of aromatic carboxylic acids is 1. The van der Waals surface area contributed by atoms with Crippen molar-refractivity contribution in [2.45, 2.75) is 6.61 Å². The highest BCUT2D eigenvalue weighted by Gasteiger charge is 2.12. The van der Waals surface area contributed by atoms with Crippen molar-refractivity contribution < 1.29 is 19.0 Å². The molecular formula is C26H18ClFN4O3. The van der Waals surface area contributed by atoms with Crippen LogP contribution in [0.15, 0.2) is 79.1 Å². The molecule has 0 aliphatic heterocycles. The van der Waals surface area contributed by atoms with Gasteiger partial charge in [-0.15, -0.1) is 0 Å². The summed E-state index contributed by atoms with van der Waals surface area (Å²) in [4.78, 5) is 23.1. The first-order chi connectivity index (χ1) is 17.0. The van der Waals surface area contributed by atoms with E-state index in [0.29, 0.717) is 38.9 Å². The van der Waals surface area contributed by atoms with Crippen molar-refractivity contribution in [3.05, 3.63) is 101 Å². The zero-order valence-corrected chi connectivity index (χ0v) is 18.9. The number of aromatic nitrogens is 3. The van der Waals surface area contributed by atoms with Gasteiger partial charge >= 0.3 is 5.97 Å². The zero-order valence-electron chi connectivity index (χ0n) is 18.1. The predicted octanol–water partition coefficient (Wildman–Crippen LogP) is 6.44. The summed E-state index contributed by atoms with van der Waals surface area (Å²) in [7, 11) is 0. The lowest BCUT2D eigenvalue weighted by molar-refractivity contribution is 0.0697. The first kappa shape index (κ1) is 22.4. The summed E-state index contributed by atoms with van der Waals surface area (Å²) in [5, 5.41) is 12.7. The van der Waals surface area contributed by atoms with Crippen molar-refractivity contribution in [2.75, 3.05) is 5.32 Å². The molecule has 0 saturated heterocycles. The van der Waals surface area contributed by atoms with E-state index in [-0.39, 0.29) is 18.0 Å². The van der Waals surface area contributed by atoms with Gasteiger partial charge in [-0.05, 0) is 59.7 Å². The Morgan fingerprint density at radius 1 is 1.06 bits per heavy atom. The van der Waals surface area contributed by atoms with E-state index in [1.807, 2.05) is 6.07 Å². The number of nitrogens with one attached hydrogen (secondary N) is 2. The molecule has 2 aromatic heterocycles. The molecule has 0 fully saturated rings. The van der Waals surface area contributed by atoms with Gasteiger partial charge in [0.15, 0.2) is 5.82 Å². The van der Waals surface area contributed by atoms with Gasteiger partial charge in [0.25, 0.3) is 0 Å². The monoisotopic (exact) mass is 488 g/mol. The van der Waals surface area contributed by atoms with Crippen LogP contribution in [0.5, 0.6) is 5.75 Å². The highest BCUT2D eigenvalue weighted by atomic mass is 35.5. The number of aromatic amines is 1. The molecule has 0 atom stereocenters. The number of H-pyrrole nitrogens is 1. The van der Waals surface area contributed by atoms with Gasteiger partial charge in [-0.1, -0.05) is 35.9 Å². The molecule has 0 saturated carbocycles. The fourth-order valence-electron chi connectivity index (χ4n) is 3.60. The summed E-state index contributed by atoms with van der Waals surface area (Å²) >= 11 is 6.41. The van der Waals surface area contributed by atoms with Crippen LogP contribution in [0.3, 0.4) is 0 Å². The Balaban J connectivity index is 1.35. The molecule has 3 N–H and O–H groups in total. The third-order valence-corrected chi connectivity index (χ3v) is 5.63. The van der Waals surface area contributed by atoms with Crippen molar-refractivity contribution in [1.29, 1.82) is 0 Å². The first-order valence-electron chi connectivity index (χ1n) is 10.6. The summed E-state index contributed by atoms with van der Waals surface area (Å²) < 4.78 is 19.1. The van der Waals surface area contributed by atoms with E-state index < -0.39 is 5.97 Å². The van der Waals surface area contributed by atoms with Crippen molar-refractivity contribution >= 4 is 40.1 Å². The predicted molar refractivity (Wildman–Crippen MR) is 132 cm³/mol. The van der Waals surface area contributed by atoms with Crippen LogP contribution < -0.4 is 10.1 Å². The van der Waals surface area contributed by atoms with Gasteiger partial charge in [0, 0.05) is 11.4 Å².